The predicted molar refractivity (Wildman–Crippen MR) is 106 cm³/mol. The van der Waals surface area contributed by atoms with Gasteiger partial charge in [-0.3, -0.25) is 4.79 Å². The minimum atomic E-state index is -0.433. The fraction of sp³-hybridized carbons (Fsp3) is 0.500. The quantitative estimate of drug-likeness (QED) is 0.807. The molecule has 1 amide bonds. The number of amides is 1. The van der Waals surface area contributed by atoms with Crippen LogP contribution in [-0.4, -0.2) is 59.3 Å². The molecule has 2 aliphatic rings. The van der Waals surface area contributed by atoms with Gasteiger partial charge in [-0.05, 0) is 25.0 Å². The molecule has 0 radical (unpaired) electrons. The molecule has 1 saturated heterocycles. The number of halogens is 2. The molecule has 8 heteroatoms. The van der Waals surface area contributed by atoms with Crippen LogP contribution in [0.1, 0.15) is 29.8 Å². The molecule has 152 valence electrons. The maximum Gasteiger partial charge on any atom is 0.272 e. The summed E-state index contributed by atoms with van der Waals surface area (Å²) in [6.07, 6.45) is 1.58. The monoisotopic (exact) mass is 409 g/mol. The van der Waals surface area contributed by atoms with Gasteiger partial charge in [0, 0.05) is 36.9 Å². The Labute approximate surface area is 169 Å². The van der Waals surface area contributed by atoms with Crippen LogP contribution in [-0.2, 0) is 4.74 Å². The van der Waals surface area contributed by atoms with Crippen LogP contribution in [0.5, 0.6) is 0 Å². The standard InChI is InChI=1S/C20H24FN3O3.ClH/c21-14-3-1-2-13-4-5-15(23-18(13)14)19(26)24-9-6-20(7-10-24)16(25)12-17(20)27-11-8-22;/h1-5,16-17,25H,6-12,22H2;1H/t16-,17+;/m1./s1. The Morgan fingerprint density at radius 1 is 1.32 bits per heavy atom. The molecule has 1 aliphatic carbocycles. The van der Waals surface area contributed by atoms with Gasteiger partial charge in [0.15, 0.2) is 0 Å². The second-order valence-corrected chi connectivity index (χ2v) is 7.43. The molecule has 0 unspecified atom stereocenters. The number of likely N-dealkylation sites (tertiary alicyclic amines) is 1. The molecule has 4 rings (SSSR count). The minimum absolute atomic E-state index is 0. The third kappa shape index (κ3) is 3.48. The molecule has 2 heterocycles. The normalized spacial score (nSPS) is 23.3. The van der Waals surface area contributed by atoms with E-state index in [1.54, 1.807) is 29.2 Å². The SMILES string of the molecule is Cl.NCCO[C@H]1C[C@@H](O)C12CCN(C(=O)c1ccc3cccc(F)c3n1)CC2. The van der Waals surface area contributed by atoms with E-state index in [-0.39, 0.29) is 41.0 Å². The van der Waals surface area contributed by atoms with Crippen LogP contribution in [0.2, 0.25) is 0 Å². The van der Waals surface area contributed by atoms with Crippen molar-refractivity contribution in [2.45, 2.75) is 31.5 Å². The zero-order valence-corrected chi connectivity index (χ0v) is 16.3. The van der Waals surface area contributed by atoms with Gasteiger partial charge in [0.1, 0.15) is 17.0 Å². The zero-order valence-electron chi connectivity index (χ0n) is 15.5. The topological polar surface area (TPSA) is 88.7 Å². The number of benzene rings is 1. The van der Waals surface area contributed by atoms with Gasteiger partial charge in [0.05, 0.1) is 18.8 Å². The van der Waals surface area contributed by atoms with Crippen LogP contribution in [0, 0.1) is 11.2 Å². The average molecular weight is 410 g/mol. The lowest BCUT2D eigenvalue weighted by Gasteiger charge is -2.56. The highest BCUT2D eigenvalue weighted by Crippen LogP contribution is 2.51. The number of carbonyl (C=O) groups is 1. The molecule has 1 spiro atoms. The van der Waals surface area contributed by atoms with E-state index < -0.39 is 11.9 Å². The molecule has 1 aromatic heterocycles. The summed E-state index contributed by atoms with van der Waals surface area (Å²) in [5.74, 6) is -0.638. The molecule has 2 atom stereocenters. The first kappa shape index (κ1) is 20.9. The van der Waals surface area contributed by atoms with Crippen LogP contribution in [0.25, 0.3) is 10.9 Å². The summed E-state index contributed by atoms with van der Waals surface area (Å²) in [5, 5.41) is 11.0. The summed E-state index contributed by atoms with van der Waals surface area (Å²) in [6.45, 7) is 1.98. The molecule has 1 aromatic carbocycles. The summed E-state index contributed by atoms with van der Waals surface area (Å²) in [7, 11) is 0. The molecule has 0 bridgehead atoms. The highest BCUT2D eigenvalue weighted by Gasteiger charge is 2.56. The zero-order chi connectivity index (χ0) is 19.0. The van der Waals surface area contributed by atoms with Gasteiger partial charge in [-0.2, -0.15) is 0 Å². The van der Waals surface area contributed by atoms with Crippen LogP contribution in [0.3, 0.4) is 0 Å². The number of fused-ring (bicyclic) bond motifs is 1. The molecule has 2 aromatic rings. The number of aliphatic hydroxyl groups excluding tert-OH is 1. The maximum atomic E-state index is 14.0. The fourth-order valence-electron chi connectivity index (χ4n) is 4.34. The molecule has 1 aliphatic heterocycles. The number of piperidine rings is 1. The van der Waals surface area contributed by atoms with Crippen molar-refractivity contribution in [2.24, 2.45) is 11.1 Å². The smallest absolute Gasteiger partial charge is 0.272 e. The van der Waals surface area contributed by atoms with Crippen LogP contribution >= 0.6 is 12.4 Å². The van der Waals surface area contributed by atoms with Gasteiger partial charge in [0.2, 0.25) is 0 Å². The summed E-state index contributed by atoms with van der Waals surface area (Å²) in [5.41, 5.74) is 5.68. The lowest BCUT2D eigenvalue weighted by molar-refractivity contribution is -0.208. The summed E-state index contributed by atoms with van der Waals surface area (Å²) in [4.78, 5) is 18.8. The number of hydrogen-bond donors (Lipinski definition) is 2. The first-order chi connectivity index (χ1) is 13.0. The van der Waals surface area contributed by atoms with Crippen LogP contribution in [0.15, 0.2) is 30.3 Å². The molecular formula is C20H25ClFN3O3. The molecule has 1 saturated carbocycles. The summed E-state index contributed by atoms with van der Waals surface area (Å²) >= 11 is 0. The Bertz CT molecular complexity index is 858. The number of pyridine rings is 1. The van der Waals surface area contributed by atoms with Gasteiger partial charge in [-0.15, -0.1) is 12.4 Å². The molecular weight excluding hydrogens is 385 g/mol. The van der Waals surface area contributed by atoms with Crippen LogP contribution < -0.4 is 5.73 Å². The second-order valence-electron chi connectivity index (χ2n) is 7.43. The van der Waals surface area contributed by atoms with Crippen molar-refractivity contribution < 1.29 is 19.0 Å². The third-order valence-corrected chi connectivity index (χ3v) is 6.05. The van der Waals surface area contributed by atoms with Crippen molar-refractivity contribution in [3.05, 3.63) is 41.8 Å². The highest BCUT2D eigenvalue weighted by atomic mass is 35.5. The molecule has 6 nitrogen and oxygen atoms in total. The number of rotatable bonds is 4. The van der Waals surface area contributed by atoms with E-state index in [1.165, 1.54) is 6.07 Å². The van der Waals surface area contributed by atoms with Gasteiger partial charge in [-0.1, -0.05) is 18.2 Å². The Morgan fingerprint density at radius 3 is 2.75 bits per heavy atom. The van der Waals surface area contributed by atoms with E-state index in [0.717, 1.165) is 0 Å². The second kappa shape index (κ2) is 8.29. The van der Waals surface area contributed by atoms with Crippen molar-refractivity contribution in [3.8, 4) is 0 Å². The van der Waals surface area contributed by atoms with Crippen molar-refractivity contribution in [1.82, 2.24) is 9.88 Å². The Balaban J connectivity index is 0.00000225. The molecule has 3 N–H and O–H groups in total. The van der Waals surface area contributed by atoms with Crippen molar-refractivity contribution in [3.63, 3.8) is 0 Å². The summed E-state index contributed by atoms with van der Waals surface area (Å²) in [6, 6.07) is 8.09. The number of aliphatic hydroxyl groups is 1. The maximum absolute atomic E-state index is 14.0. The van der Waals surface area contributed by atoms with Crippen LogP contribution in [0.4, 0.5) is 4.39 Å². The first-order valence-corrected chi connectivity index (χ1v) is 9.39. The molecule has 2 fully saturated rings. The van der Waals surface area contributed by atoms with Crippen molar-refractivity contribution >= 4 is 29.2 Å². The van der Waals surface area contributed by atoms with E-state index in [1.807, 2.05) is 0 Å². The largest absolute Gasteiger partial charge is 0.392 e. The predicted octanol–water partition coefficient (Wildman–Crippen LogP) is 2.13. The summed E-state index contributed by atoms with van der Waals surface area (Å²) < 4.78 is 19.8. The third-order valence-electron chi connectivity index (χ3n) is 6.05. The first-order valence-electron chi connectivity index (χ1n) is 9.39. The Kier molecular flexibility index (Phi) is 6.19. The van der Waals surface area contributed by atoms with E-state index in [0.29, 0.717) is 50.9 Å². The van der Waals surface area contributed by atoms with E-state index >= 15 is 0 Å². The van der Waals surface area contributed by atoms with E-state index in [2.05, 4.69) is 4.98 Å². The minimum Gasteiger partial charge on any atom is -0.392 e. The molecule has 28 heavy (non-hydrogen) atoms. The number of ether oxygens (including phenoxy) is 1. The highest BCUT2D eigenvalue weighted by molar-refractivity contribution is 5.95. The lowest BCUT2D eigenvalue weighted by Crippen LogP contribution is -2.63. The van der Waals surface area contributed by atoms with Crippen molar-refractivity contribution in [2.75, 3.05) is 26.2 Å². The van der Waals surface area contributed by atoms with E-state index in [4.69, 9.17) is 10.5 Å². The number of nitrogens with two attached hydrogens (primary N) is 1. The van der Waals surface area contributed by atoms with Gasteiger partial charge >= 0.3 is 0 Å². The number of hydrogen-bond acceptors (Lipinski definition) is 5. The Morgan fingerprint density at radius 2 is 2.07 bits per heavy atom. The number of nitrogens with zero attached hydrogens (tertiary/aromatic N) is 2. The van der Waals surface area contributed by atoms with E-state index in [9.17, 15) is 14.3 Å². The number of para-hydroxylation sites is 1. The fourth-order valence-corrected chi connectivity index (χ4v) is 4.34. The van der Waals surface area contributed by atoms with Gasteiger partial charge in [0.25, 0.3) is 5.91 Å². The number of aromatic nitrogens is 1. The van der Waals surface area contributed by atoms with Gasteiger partial charge in [-0.25, -0.2) is 9.37 Å². The van der Waals surface area contributed by atoms with Gasteiger partial charge < -0.3 is 20.5 Å². The number of carbonyl (C=O) groups excluding carboxylic acids is 1. The average Bonchev–Trinajstić information content (AvgIpc) is 2.70. The van der Waals surface area contributed by atoms with Crippen molar-refractivity contribution in [1.29, 1.82) is 0 Å². The lowest BCUT2D eigenvalue weighted by atomic mass is 9.58. The Hall–Kier alpha value is -1.80.